The molecular weight excluding hydrogens is 316 g/mol. The minimum Gasteiger partial charge on any atom is -0.502 e. The van der Waals surface area contributed by atoms with Crippen molar-refractivity contribution < 1.29 is 15.0 Å². The van der Waals surface area contributed by atoms with Crippen molar-refractivity contribution in [3.8, 4) is 5.75 Å². The zero-order chi connectivity index (χ0) is 16.3. The first-order valence-electron chi connectivity index (χ1n) is 5.54. The van der Waals surface area contributed by atoms with Gasteiger partial charge in [-0.25, -0.2) is 4.98 Å². The number of nitrogen functional groups attached to an aromatic ring is 1. The summed E-state index contributed by atoms with van der Waals surface area (Å²) in [6.07, 6.45) is 1.01. The Morgan fingerprint density at radius 1 is 1.36 bits per heavy atom. The second kappa shape index (κ2) is 6.01. The number of thiazole rings is 1. The predicted octanol–water partition coefficient (Wildman–Crippen LogP) is 1.69. The lowest BCUT2D eigenvalue weighted by Gasteiger charge is -2.01. The zero-order valence-corrected chi connectivity index (χ0v) is 11.5. The zero-order valence-electron chi connectivity index (χ0n) is 10.7. The molecule has 11 nitrogen and oxygen atoms in total. The average molecular weight is 324 g/mol. The number of nitro benzene ring substituents is 2. The van der Waals surface area contributed by atoms with E-state index in [0.29, 0.717) is 11.2 Å². The molecule has 0 fully saturated rings. The first kappa shape index (κ1) is 15.1. The molecule has 2 rings (SSSR count). The predicted molar refractivity (Wildman–Crippen MR) is 79.2 cm³/mol. The van der Waals surface area contributed by atoms with E-state index in [-0.39, 0.29) is 11.4 Å². The number of nitro groups is 2. The van der Waals surface area contributed by atoms with Gasteiger partial charge in [-0.2, -0.15) is 5.10 Å². The molecule has 0 radical (unpaired) electrons. The topological polar surface area (TPSA) is 170 Å². The number of hydrogen-bond acceptors (Lipinski definition) is 10. The normalized spacial score (nSPS) is 10.7. The van der Waals surface area contributed by atoms with Crippen molar-refractivity contribution >= 4 is 39.9 Å². The third-order valence-corrected chi connectivity index (χ3v) is 3.16. The van der Waals surface area contributed by atoms with Gasteiger partial charge < -0.3 is 10.8 Å². The Labute approximate surface area is 126 Å². The number of non-ortho nitro benzene ring substituents is 1. The van der Waals surface area contributed by atoms with Crippen molar-refractivity contribution in [3.05, 3.63) is 43.3 Å². The van der Waals surface area contributed by atoms with Crippen molar-refractivity contribution in [1.82, 2.24) is 4.98 Å². The van der Waals surface area contributed by atoms with Gasteiger partial charge in [0.05, 0.1) is 27.7 Å². The van der Waals surface area contributed by atoms with E-state index in [9.17, 15) is 25.3 Å². The van der Waals surface area contributed by atoms with E-state index >= 15 is 0 Å². The number of rotatable bonds is 5. The van der Waals surface area contributed by atoms with Crippen molar-refractivity contribution in [1.29, 1.82) is 0 Å². The Hall–Kier alpha value is -3.28. The van der Waals surface area contributed by atoms with Crippen LogP contribution >= 0.6 is 11.3 Å². The number of anilines is 2. The van der Waals surface area contributed by atoms with Gasteiger partial charge in [-0.1, -0.05) is 0 Å². The fourth-order valence-electron chi connectivity index (χ4n) is 1.46. The number of nitrogens with two attached hydrogens (primary N) is 1. The number of benzene rings is 1. The Bertz CT molecular complexity index is 773. The maximum Gasteiger partial charge on any atom is 0.318 e. The van der Waals surface area contributed by atoms with Crippen LogP contribution in [0.4, 0.5) is 22.3 Å². The lowest BCUT2D eigenvalue weighted by Crippen LogP contribution is -1.97. The molecule has 0 bridgehead atoms. The number of nitrogens with one attached hydrogen (secondary N) is 1. The van der Waals surface area contributed by atoms with Gasteiger partial charge in [0.15, 0.2) is 0 Å². The van der Waals surface area contributed by atoms with Gasteiger partial charge in [0.1, 0.15) is 5.82 Å². The summed E-state index contributed by atoms with van der Waals surface area (Å²) in [7, 11) is 0. The van der Waals surface area contributed by atoms with Crippen LogP contribution in [-0.2, 0) is 0 Å². The van der Waals surface area contributed by atoms with Crippen LogP contribution in [0, 0.1) is 20.2 Å². The smallest absolute Gasteiger partial charge is 0.318 e. The number of aromatic nitrogens is 1. The fraction of sp³-hybridized carbons (Fsp3) is 0. The monoisotopic (exact) mass is 324 g/mol. The van der Waals surface area contributed by atoms with E-state index < -0.39 is 27.0 Å². The molecule has 1 aromatic heterocycles. The Kier molecular flexibility index (Phi) is 4.13. The molecule has 0 amide bonds. The Morgan fingerprint density at radius 3 is 2.64 bits per heavy atom. The number of hydrogen-bond donors (Lipinski definition) is 3. The molecule has 0 aliphatic heterocycles. The summed E-state index contributed by atoms with van der Waals surface area (Å²) in [5.74, 6) is -0.434. The van der Waals surface area contributed by atoms with E-state index in [4.69, 9.17) is 5.73 Å². The minimum atomic E-state index is -0.922. The highest BCUT2D eigenvalue weighted by molar-refractivity contribution is 7.14. The van der Waals surface area contributed by atoms with Gasteiger partial charge in [-0.3, -0.25) is 25.7 Å². The number of phenolic OH excluding ortho intramolecular Hbond substituents is 1. The Balaban J connectivity index is 2.32. The van der Waals surface area contributed by atoms with Crippen LogP contribution in [0.3, 0.4) is 0 Å². The molecule has 12 heteroatoms. The van der Waals surface area contributed by atoms with E-state index in [1.807, 2.05) is 0 Å². The lowest BCUT2D eigenvalue weighted by molar-refractivity contribution is -0.394. The SMILES string of the molecule is Nc1csc(NN=Cc2cc([N+](=O)[O-])cc([N+](=O)[O-])c2O)n1. The largest absolute Gasteiger partial charge is 0.502 e. The summed E-state index contributed by atoms with van der Waals surface area (Å²) in [6.45, 7) is 0. The molecule has 0 aliphatic carbocycles. The van der Waals surface area contributed by atoms with Gasteiger partial charge in [0, 0.05) is 11.4 Å². The molecule has 0 unspecified atom stereocenters. The standard InChI is InChI=1S/C10H8N6O5S/c11-8-4-22-10(13-8)14-12-3-5-1-6(15(18)19)2-7(9(5)17)16(20)21/h1-4,17H,11H2,(H,13,14). The van der Waals surface area contributed by atoms with Gasteiger partial charge in [0.25, 0.3) is 5.69 Å². The number of phenols is 1. The molecule has 0 atom stereocenters. The third kappa shape index (κ3) is 3.24. The first-order valence-corrected chi connectivity index (χ1v) is 6.42. The molecule has 0 saturated carbocycles. The van der Waals surface area contributed by atoms with Crippen molar-refractivity contribution in [2.24, 2.45) is 5.10 Å². The summed E-state index contributed by atoms with van der Waals surface area (Å²) in [5.41, 5.74) is 6.39. The molecule has 1 heterocycles. The van der Waals surface area contributed by atoms with Crippen molar-refractivity contribution in [3.63, 3.8) is 0 Å². The van der Waals surface area contributed by atoms with Crippen LogP contribution < -0.4 is 11.2 Å². The highest BCUT2D eigenvalue weighted by atomic mass is 32.1. The average Bonchev–Trinajstić information content (AvgIpc) is 2.85. The summed E-state index contributed by atoms with van der Waals surface area (Å²) in [6, 6.07) is 1.63. The van der Waals surface area contributed by atoms with Gasteiger partial charge in [-0.15, -0.1) is 11.3 Å². The summed E-state index contributed by atoms with van der Waals surface area (Å²) >= 11 is 1.17. The van der Waals surface area contributed by atoms with Crippen LogP contribution in [0.5, 0.6) is 5.75 Å². The molecule has 0 saturated heterocycles. The van der Waals surface area contributed by atoms with Gasteiger partial charge >= 0.3 is 5.69 Å². The van der Waals surface area contributed by atoms with Crippen molar-refractivity contribution in [2.75, 3.05) is 11.2 Å². The van der Waals surface area contributed by atoms with E-state index in [2.05, 4.69) is 15.5 Å². The lowest BCUT2D eigenvalue weighted by atomic mass is 10.1. The van der Waals surface area contributed by atoms with Crippen LogP contribution in [0.25, 0.3) is 0 Å². The second-order valence-corrected chi connectivity index (χ2v) is 4.72. The van der Waals surface area contributed by atoms with Crippen LogP contribution in [0.2, 0.25) is 0 Å². The quantitative estimate of drug-likeness (QED) is 0.423. The van der Waals surface area contributed by atoms with Crippen LogP contribution in [0.1, 0.15) is 5.56 Å². The molecular formula is C10H8N6O5S. The molecule has 22 heavy (non-hydrogen) atoms. The van der Waals surface area contributed by atoms with E-state index in [1.165, 1.54) is 11.3 Å². The summed E-state index contributed by atoms with van der Waals surface area (Å²) in [5, 5.41) is 36.9. The molecule has 2 aromatic rings. The summed E-state index contributed by atoms with van der Waals surface area (Å²) in [4.78, 5) is 23.7. The third-order valence-electron chi connectivity index (χ3n) is 2.40. The Morgan fingerprint density at radius 2 is 2.09 bits per heavy atom. The minimum absolute atomic E-state index is 0.182. The fourth-order valence-corrected chi connectivity index (χ4v) is 2.01. The van der Waals surface area contributed by atoms with E-state index in [1.54, 1.807) is 5.38 Å². The van der Waals surface area contributed by atoms with Gasteiger partial charge in [0.2, 0.25) is 10.9 Å². The second-order valence-electron chi connectivity index (χ2n) is 3.86. The van der Waals surface area contributed by atoms with Crippen LogP contribution in [-0.4, -0.2) is 26.2 Å². The molecule has 114 valence electrons. The number of hydrazone groups is 1. The van der Waals surface area contributed by atoms with Crippen LogP contribution in [0.15, 0.2) is 22.6 Å². The number of aromatic hydroxyl groups is 1. The summed E-state index contributed by atoms with van der Waals surface area (Å²) < 4.78 is 0. The van der Waals surface area contributed by atoms with Crippen molar-refractivity contribution in [2.45, 2.75) is 0 Å². The molecule has 1 aromatic carbocycles. The highest BCUT2D eigenvalue weighted by Crippen LogP contribution is 2.33. The van der Waals surface area contributed by atoms with E-state index in [0.717, 1.165) is 12.3 Å². The molecule has 0 spiro atoms. The molecule has 0 aliphatic rings. The highest BCUT2D eigenvalue weighted by Gasteiger charge is 2.23. The number of nitrogens with zero attached hydrogens (tertiary/aromatic N) is 4. The first-order chi connectivity index (χ1) is 10.4. The van der Waals surface area contributed by atoms with Gasteiger partial charge in [-0.05, 0) is 0 Å². The maximum absolute atomic E-state index is 10.8. The maximum atomic E-state index is 10.8. The molecule has 4 N–H and O–H groups in total.